The Labute approximate surface area is 130 Å². The van der Waals surface area contributed by atoms with Gasteiger partial charge < -0.3 is 15.0 Å². The second kappa shape index (κ2) is 6.59. The van der Waals surface area contributed by atoms with Crippen LogP contribution in [0.3, 0.4) is 0 Å². The Morgan fingerprint density at radius 2 is 2.26 bits per heavy atom. The van der Waals surface area contributed by atoms with Gasteiger partial charge in [0.05, 0.1) is 11.9 Å². The van der Waals surface area contributed by atoms with Gasteiger partial charge in [-0.25, -0.2) is 0 Å². The van der Waals surface area contributed by atoms with E-state index < -0.39 is 6.61 Å². The van der Waals surface area contributed by atoms with Crippen molar-refractivity contribution in [2.45, 2.75) is 19.1 Å². The lowest BCUT2D eigenvalue weighted by molar-refractivity contribution is -0.0495. The van der Waals surface area contributed by atoms with Crippen molar-refractivity contribution in [2.24, 2.45) is 0 Å². The molecule has 1 amide bonds. The van der Waals surface area contributed by atoms with Crippen molar-refractivity contribution >= 4 is 11.6 Å². The molecule has 1 aromatic heterocycles. The Kier molecular flexibility index (Phi) is 4.35. The van der Waals surface area contributed by atoms with Crippen LogP contribution in [0, 0.1) is 0 Å². The van der Waals surface area contributed by atoms with E-state index >= 15 is 0 Å². The maximum Gasteiger partial charge on any atom is 0.387 e. The number of benzene rings is 1. The van der Waals surface area contributed by atoms with Crippen LogP contribution in [0.5, 0.6) is 5.75 Å². The highest BCUT2D eigenvalue weighted by Crippen LogP contribution is 2.31. The monoisotopic (exact) mass is 323 g/mol. The minimum absolute atomic E-state index is 0.0983. The molecule has 0 aliphatic carbocycles. The summed E-state index contributed by atoms with van der Waals surface area (Å²) in [6.07, 6.45) is 2.04. The van der Waals surface area contributed by atoms with Gasteiger partial charge in [-0.3, -0.25) is 4.79 Å². The van der Waals surface area contributed by atoms with Crippen molar-refractivity contribution < 1.29 is 18.3 Å². The van der Waals surface area contributed by atoms with Gasteiger partial charge >= 0.3 is 6.61 Å². The molecule has 0 saturated carbocycles. The number of alkyl halides is 2. The van der Waals surface area contributed by atoms with E-state index in [0.717, 1.165) is 0 Å². The summed E-state index contributed by atoms with van der Waals surface area (Å²) in [5.41, 5.74) is 0.802. The number of hydrogen-bond donors (Lipinski definition) is 2. The summed E-state index contributed by atoms with van der Waals surface area (Å²) in [5.74, 6) is -0.186. The fraction of sp³-hybridized carbons (Fsp3) is 0.357. The Bertz CT molecular complexity index is 665. The number of amides is 1. The molecule has 1 aliphatic rings. The van der Waals surface area contributed by atoms with Crippen LogP contribution < -0.4 is 15.0 Å². The molecule has 2 aromatic rings. The topological polar surface area (TPSA) is 83.1 Å². The second-order valence-corrected chi connectivity index (χ2v) is 5.11. The number of carbonyl (C=O) groups is 1. The Balaban J connectivity index is 1.65. The normalized spacial score (nSPS) is 17.5. The fourth-order valence-electron chi connectivity index (χ4n) is 2.58. The Morgan fingerprint density at radius 3 is 3.00 bits per heavy atom. The van der Waals surface area contributed by atoms with Crippen molar-refractivity contribution in [3.8, 4) is 5.75 Å². The number of carbonyl (C=O) groups excluding carboxylic acids is 1. The smallest absolute Gasteiger partial charge is 0.387 e. The summed E-state index contributed by atoms with van der Waals surface area (Å²) in [7, 11) is 0. The minimum Gasteiger partial charge on any atom is -0.433 e. The van der Waals surface area contributed by atoms with Crippen molar-refractivity contribution in [1.29, 1.82) is 0 Å². The number of ether oxygens (including phenoxy) is 1. The highest BCUT2D eigenvalue weighted by molar-refractivity contribution is 5.92. The van der Waals surface area contributed by atoms with Crippen molar-refractivity contribution in [1.82, 2.24) is 20.7 Å². The van der Waals surface area contributed by atoms with Gasteiger partial charge in [-0.1, -0.05) is 12.1 Å². The highest BCUT2D eigenvalue weighted by atomic mass is 19.3. The van der Waals surface area contributed by atoms with Gasteiger partial charge in [0.2, 0.25) is 0 Å². The zero-order valence-corrected chi connectivity index (χ0v) is 12.1. The predicted molar refractivity (Wildman–Crippen MR) is 77.5 cm³/mol. The van der Waals surface area contributed by atoms with Gasteiger partial charge in [0.25, 0.3) is 5.91 Å². The molecule has 3 rings (SSSR count). The minimum atomic E-state index is -2.87. The van der Waals surface area contributed by atoms with E-state index in [9.17, 15) is 13.6 Å². The summed E-state index contributed by atoms with van der Waals surface area (Å²) >= 11 is 0. The average Bonchev–Trinajstić information content (AvgIpc) is 3.18. The molecule has 1 aromatic carbocycles. The number of anilines is 1. The van der Waals surface area contributed by atoms with Gasteiger partial charge in [-0.2, -0.15) is 24.2 Å². The fourth-order valence-corrected chi connectivity index (χ4v) is 2.58. The molecule has 1 atom stereocenters. The van der Waals surface area contributed by atoms with Crippen LogP contribution in [0.15, 0.2) is 30.5 Å². The molecule has 23 heavy (non-hydrogen) atoms. The standard InChI is InChI=1S/C14H15F2N5O2/c15-14(16)23-12-4-2-1-3-11(12)21-6-5-9(8-21)18-13(22)10-7-17-20-19-10/h1-4,7,9,14H,5-6,8H2,(H,18,22)(H,17,19,20). The Morgan fingerprint density at radius 1 is 1.43 bits per heavy atom. The molecule has 2 N–H and O–H groups in total. The molecule has 9 heteroatoms. The summed E-state index contributed by atoms with van der Waals surface area (Å²) in [5, 5.41) is 12.5. The predicted octanol–water partition coefficient (Wildman–Crippen LogP) is 1.41. The van der Waals surface area contributed by atoms with Crippen LogP contribution in [-0.4, -0.2) is 47.1 Å². The lowest BCUT2D eigenvalue weighted by Gasteiger charge is -2.21. The van der Waals surface area contributed by atoms with Crippen molar-refractivity contribution in [3.63, 3.8) is 0 Å². The van der Waals surface area contributed by atoms with Crippen LogP contribution in [-0.2, 0) is 0 Å². The van der Waals surface area contributed by atoms with Crippen LogP contribution in [0.25, 0.3) is 0 Å². The molecule has 122 valence electrons. The van der Waals surface area contributed by atoms with Crippen molar-refractivity contribution in [2.75, 3.05) is 18.0 Å². The SMILES string of the molecule is O=C(NC1CCN(c2ccccc2OC(F)F)C1)c1cn[nH]n1. The molecule has 0 bridgehead atoms. The molecule has 0 spiro atoms. The number of nitrogens with one attached hydrogen (secondary N) is 2. The number of halogens is 2. The number of aromatic nitrogens is 3. The Hall–Kier alpha value is -2.71. The average molecular weight is 323 g/mol. The first-order chi connectivity index (χ1) is 11.1. The van der Waals surface area contributed by atoms with E-state index in [-0.39, 0.29) is 23.4 Å². The molecule has 1 aliphatic heterocycles. The third kappa shape index (κ3) is 3.55. The van der Waals surface area contributed by atoms with Gasteiger partial charge in [-0.05, 0) is 18.6 Å². The molecule has 7 nitrogen and oxygen atoms in total. The largest absolute Gasteiger partial charge is 0.433 e. The van der Waals surface area contributed by atoms with E-state index in [4.69, 9.17) is 0 Å². The van der Waals surface area contributed by atoms with Crippen LogP contribution in [0.4, 0.5) is 14.5 Å². The molecule has 0 radical (unpaired) electrons. The van der Waals surface area contributed by atoms with E-state index in [1.807, 2.05) is 4.90 Å². The first kappa shape index (κ1) is 15.2. The molecular weight excluding hydrogens is 308 g/mol. The summed E-state index contributed by atoms with van der Waals surface area (Å²) < 4.78 is 29.5. The summed E-state index contributed by atoms with van der Waals surface area (Å²) in [4.78, 5) is 13.8. The first-order valence-corrected chi connectivity index (χ1v) is 7.09. The third-order valence-electron chi connectivity index (χ3n) is 3.59. The summed E-state index contributed by atoms with van der Waals surface area (Å²) in [6.45, 7) is -1.73. The molecule has 1 fully saturated rings. The van der Waals surface area contributed by atoms with E-state index in [1.165, 1.54) is 12.3 Å². The third-order valence-corrected chi connectivity index (χ3v) is 3.59. The lowest BCUT2D eigenvalue weighted by Crippen LogP contribution is -2.37. The molecule has 1 saturated heterocycles. The zero-order valence-electron chi connectivity index (χ0n) is 12.1. The summed E-state index contributed by atoms with van der Waals surface area (Å²) in [6, 6.07) is 6.53. The molecule has 1 unspecified atom stereocenters. The lowest BCUT2D eigenvalue weighted by atomic mass is 10.2. The maximum absolute atomic E-state index is 12.5. The van der Waals surface area contributed by atoms with Gasteiger partial charge in [0.1, 0.15) is 5.75 Å². The van der Waals surface area contributed by atoms with Gasteiger partial charge in [0.15, 0.2) is 5.69 Å². The first-order valence-electron chi connectivity index (χ1n) is 7.09. The number of aromatic amines is 1. The number of nitrogens with zero attached hydrogens (tertiary/aromatic N) is 3. The maximum atomic E-state index is 12.5. The van der Waals surface area contributed by atoms with Crippen LogP contribution in [0.2, 0.25) is 0 Å². The number of H-pyrrole nitrogens is 1. The molecule has 2 heterocycles. The van der Waals surface area contributed by atoms with Crippen LogP contribution in [0.1, 0.15) is 16.9 Å². The molecular formula is C14H15F2N5O2. The van der Waals surface area contributed by atoms with Crippen molar-refractivity contribution in [3.05, 3.63) is 36.2 Å². The van der Waals surface area contributed by atoms with Crippen LogP contribution >= 0.6 is 0 Å². The number of rotatable bonds is 5. The van der Waals surface area contributed by atoms with Gasteiger partial charge in [0, 0.05) is 19.1 Å². The van der Waals surface area contributed by atoms with E-state index in [1.54, 1.807) is 18.2 Å². The van der Waals surface area contributed by atoms with E-state index in [2.05, 4.69) is 25.5 Å². The number of para-hydroxylation sites is 2. The van der Waals surface area contributed by atoms with Gasteiger partial charge in [-0.15, -0.1) is 0 Å². The highest BCUT2D eigenvalue weighted by Gasteiger charge is 2.27. The quantitative estimate of drug-likeness (QED) is 0.869. The second-order valence-electron chi connectivity index (χ2n) is 5.11. The van der Waals surface area contributed by atoms with E-state index in [0.29, 0.717) is 25.2 Å². The number of hydrogen-bond acceptors (Lipinski definition) is 5. The zero-order chi connectivity index (χ0) is 16.2.